The third kappa shape index (κ3) is 10.4. The largest absolute Gasteiger partial charge is 1.00 e. The molecular weight excluding hydrogens is 447 g/mol. The molecule has 1 unspecified atom stereocenters. The summed E-state index contributed by atoms with van der Waals surface area (Å²) >= 11 is 0. The molecule has 0 aromatic heterocycles. The quantitative estimate of drug-likeness (QED) is 0.128. The van der Waals surface area contributed by atoms with Gasteiger partial charge in [-0.15, -0.1) is 0 Å². The van der Waals surface area contributed by atoms with Gasteiger partial charge < -0.3 is 35.7 Å². The number of aliphatic carboxylic acids is 2. The van der Waals surface area contributed by atoms with Crippen LogP contribution in [-0.4, -0.2) is 82.2 Å². The molecule has 178 valence electrons. The van der Waals surface area contributed by atoms with E-state index < -0.39 is 72.7 Å². The molecule has 0 saturated heterocycles. The Hall–Kier alpha value is -2.22. The first-order valence-corrected chi connectivity index (χ1v) is 9.23. The van der Waals surface area contributed by atoms with Crippen LogP contribution < -0.4 is 29.6 Å². The van der Waals surface area contributed by atoms with Crippen molar-refractivity contribution < 1.29 is 94.0 Å². The Morgan fingerprint density at radius 3 is 1.50 bits per heavy atom. The zero-order valence-corrected chi connectivity index (χ0v) is 20.4. The molecule has 0 fully saturated rings. The molecule has 0 aliphatic carbocycles. The number of carbonyl (C=O) groups excluding carboxylic acids is 4. The zero-order chi connectivity index (χ0) is 24.2. The van der Waals surface area contributed by atoms with E-state index >= 15 is 0 Å². The summed E-state index contributed by atoms with van der Waals surface area (Å²) in [5.41, 5.74) is -5.66. The van der Waals surface area contributed by atoms with Crippen LogP contribution in [0.4, 0.5) is 0 Å². The molecular formula is C18H27NaO13. The fraction of sp³-hybridized carbons (Fsp3) is 0.667. The molecule has 0 saturated carbocycles. The van der Waals surface area contributed by atoms with Crippen LogP contribution in [0.5, 0.6) is 0 Å². The number of esters is 4. The van der Waals surface area contributed by atoms with E-state index in [1.807, 2.05) is 0 Å². The van der Waals surface area contributed by atoms with Gasteiger partial charge in [-0.2, -0.15) is 0 Å². The summed E-state index contributed by atoms with van der Waals surface area (Å²) in [5.74, 6) is -8.76. The van der Waals surface area contributed by atoms with Crippen molar-refractivity contribution in [2.24, 2.45) is 0 Å². The van der Waals surface area contributed by atoms with Crippen molar-refractivity contribution in [3.8, 4) is 0 Å². The van der Waals surface area contributed by atoms with Crippen LogP contribution in [0, 0.1) is 0 Å². The number of hydrogen-bond acceptors (Lipinski definition) is 11. The van der Waals surface area contributed by atoms with Gasteiger partial charge in [-0.1, -0.05) is 0 Å². The minimum Gasteiger partial charge on any atom is -1.00 e. The summed E-state index contributed by atoms with van der Waals surface area (Å²) in [6.45, 7) is 3.86. The average Bonchev–Trinajstić information content (AvgIpc) is 2.60. The summed E-state index contributed by atoms with van der Waals surface area (Å²) in [6, 6.07) is 0. The molecule has 0 aromatic carbocycles. The third-order valence-electron chi connectivity index (χ3n) is 3.71. The summed E-state index contributed by atoms with van der Waals surface area (Å²) in [5, 5.41) is 27.9. The van der Waals surface area contributed by atoms with Crippen LogP contribution in [0.25, 0.3) is 0 Å². The fourth-order valence-electron chi connectivity index (χ4n) is 2.43. The predicted octanol–water partition coefficient (Wildman–Crippen LogP) is -3.47. The number of hydrogen-bond donors (Lipinski definition) is 3. The first-order chi connectivity index (χ1) is 14.4. The Morgan fingerprint density at radius 1 is 0.719 bits per heavy atom. The smallest absolute Gasteiger partial charge is 1.00 e. The minimum absolute atomic E-state index is 0. The Bertz CT molecular complexity index is 691. The van der Waals surface area contributed by atoms with Gasteiger partial charge in [0.2, 0.25) is 5.60 Å². The minimum atomic E-state index is -3.07. The number of carboxylic acid groups (broad SMARTS) is 2. The second-order valence-corrected chi connectivity index (χ2v) is 6.24. The van der Waals surface area contributed by atoms with Gasteiger partial charge in [0.1, 0.15) is 0 Å². The molecule has 14 heteroatoms. The van der Waals surface area contributed by atoms with Crippen LogP contribution in [0.2, 0.25) is 0 Å². The maximum absolute atomic E-state index is 12.6. The van der Waals surface area contributed by atoms with Gasteiger partial charge in [0.15, 0.2) is 5.60 Å². The number of carboxylic acids is 2. The van der Waals surface area contributed by atoms with Gasteiger partial charge in [-0.25, -0.2) is 9.59 Å². The number of carbonyl (C=O) groups is 6. The fourth-order valence-corrected chi connectivity index (χ4v) is 2.43. The van der Waals surface area contributed by atoms with Crippen LogP contribution in [0.1, 0.15) is 47.9 Å². The number of aliphatic hydroxyl groups is 1. The van der Waals surface area contributed by atoms with Crippen LogP contribution >= 0.6 is 0 Å². The first-order valence-electron chi connectivity index (χ1n) is 9.23. The average molecular weight is 474 g/mol. The summed E-state index contributed by atoms with van der Waals surface area (Å²) in [6.07, 6.45) is -4.72. The van der Waals surface area contributed by atoms with E-state index in [2.05, 4.69) is 0 Å². The molecule has 0 spiro atoms. The van der Waals surface area contributed by atoms with Crippen LogP contribution in [-0.2, 0) is 47.7 Å². The summed E-state index contributed by atoms with van der Waals surface area (Å²) in [4.78, 5) is 71.1. The van der Waals surface area contributed by atoms with Gasteiger partial charge in [-0.3, -0.25) is 19.2 Å². The van der Waals surface area contributed by atoms with E-state index in [0.717, 1.165) is 0 Å². The Balaban J connectivity index is -0.00000450. The van der Waals surface area contributed by atoms with Crippen LogP contribution in [0.3, 0.4) is 0 Å². The predicted molar refractivity (Wildman–Crippen MR) is 98.5 cm³/mol. The van der Waals surface area contributed by atoms with Gasteiger partial charge in [0.25, 0.3) is 0 Å². The summed E-state index contributed by atoms with van der Waals surface area (Å²) in [7, 11) is 0. The summed E-state index contributed by atoms with van der Waals surface area (Å²) < 4.78 is 19.2. The standard InChI is InChI=1S/C18H26O13.Na.H/c1-4-28-12(21)9-18(16(26)30-6-3,10-13(22)29-5-2)31-14(23)8-17(27,15(24)25)7-11(19)20;;/h27H,4-10H2,1-3H3,(H,19,20)(H,24,25);;/q;+1;-1. The molecule has 0 bridgehead atoms. The zero-order valence-electron chi connectivity index (χ0n) is 19.4. The molecule has 13 nitrogen and oxygen atoms in total. The van der Waals surface area contributed by atoms with Crippen molar-refractivity contribution in [3.63, 3.8) is 0 Å². The second kappa shape index (κ2) is 14.8. The molecule has 0 aliphatic rings. The van der Waals surface area contributed by atoms with Gasteiger partial charge in [0.05, 0.1) is 45.5 Å². The molecule has 0 rings (SSSR count). The van der Waals surface area contributed by atoms with E-state index in [1.165, 1.54) is 20.8 Å². The molecule has 0 aliphatic heterocycles. The Kier molecular flexibility index (Phi) is 14.8. The van der Waals surface area contributed by atoms with E-state index in [9.17, 15) is 33.9 Å². The van der Waals surface area contributed by atoms with Gasteiger partial charge >= 0.3 is 65.4 Å². The topological polar surface area (TPSA) is 200 Å². The second-order valence-electron chi connectivity index (χ2n) is 6.24. The normalized spacial score (nSPS) is 12.4. The number of ether oxygens (including phenoxy) is 4. The number of rotatable bonds is 14. The van der Waals surface area contributed by atoms with Crippen molar-refractivity contribution in [1.29, 1.82) is 0 Å². The van der Waals surface area contributed by atoms with Crippen molar-refractivity contribution in [2.45, 2.75) is 57.7 Å². The molecule has 0 radical (unpaired) electrons. The van der Waals surface area contributed by atoms with Crippen molar-refractivity contribution in [3.05, 3.63) is 0 Å². The molecule has 1 atom stereocenters. The van der Waals surface area contributed by atoms with E-state index in [-0.39, 0.29) is 50.8 Å². The monoisotopic (exact) mass is 474 g/mol. The van der Waals surface area contributed by atoms with Crippen LogP contribution in [0.15, 0.2) is 0 Å². The molecule has 32 heavy (non-hydrogen) atoms. The Labute approximate surface area is 207 Å². The maximum atomic E-state index is 12.6. The van der Waals surface area contributed by atoms with E-state index in [1.54, 1.807) is 0 Å². The first kappa shape index (κ1) is 32.0. The molecule has 3 N–H and O–H groups in total. The molecule has 0 aromatic rings. The van der Waals surface area contributed by atoms with E-state index in [0.29, 0.717) is 0 Å². The maximum Gasteiger partial charge on any atom is 1.00 e. The third-order valence-corrected chi connectivity index (χ3v) is 3.71. The Morgan fingerprint density at radius 2 is 1.16 bits per heavy atom. The van der Waals surface area contributed by atoms with Gasteiger partial charge in [0, 0.05) is 0 Å². The van der Waals surface area contributed by atoms with E-state index in [4.69, 9.17) is 29.2 Å². The van der Waals surface area contributed by atoms with Gasteiger partial charge in [-0.05, 0) is 20.8 Å². The van der Waals surface area contributed by atoms with Crippen molar-refractivity contribution in [2.75, 3.05) is 19.8 Å². The van der Waals surface area contributed by atoms with Crippen molar-refractivity contribution >= 4 is 35.8 Å². The molecule has 0 amide bonds. The SMILES string of the molecule is CCOC(=O)CC(CC(=O)OCC)(OC(=O)CC(O)(CC(=O)O)C(=O)O)C(=O)OCC.[H-].[Na+]. The van der Waals surface area contributed by atoms with Crippen molar-refractivity contribution in [1.82, 2.24) is 0 Å². The molecule has 0 heterocycles.